The van der Waals surface area contributed by atoms with E-state index in [1.54, 1.807) is 0 Å². The Morgan fingerprint density at radius 3 is 2.53 bits per heavy atom. The average Bonchev–Trinajstić information content (AvgIpc) is 2.18. The van der Waals surface area contributed by atoms with Gasteiger partial charge in [-0.2, -0.15) is 0 Å². The molecule has 1 rings (SSSR count). The third-order valence-corrected chi connectivity index (χ3v) is 2.96. The normalized spacial score (nSPS) is 13.5. The highest BCUT2D eigenvalue weighted by molar-refractivity contribution is 9.10. The Morgan fingerprint density at radius 1 is 1.35 bits per heavy atom. The van der Waals surface area contributed by atoms with E-state index in [1.165, 1.54) is 5.56 Å². The Hall–Kier alpha value is -0.540. The van der Waals surface area contributed by atoms with Crippen LogP contribution >= 0.6 is 15.9 Å². The Labute approximate surface area is 113 Å². The summed E-state index contributed by atoms with van der Waals surface area (Å²) in [6.07, 6.45) is 0.147. The molecule has 1 atom stereocenters. The molecule has 2 nitrogen and oxygen atoms in total. The average molecular weight is 300 g/mol. The minimum atomic E-state index is 0.127. The van der Waals surface area contributed by atoms with Gasteiger partial charge < -0.3 is 10.1 Å². The second-order valence-corrected chi connectivity index (χ2v) is 6.35. The van der Waals surface area contributed by atoms with E-state index in [4.69, 9.17) is 4.74 Å². The molecule has 0 aliphatic carbocycles. The molecule has 1 unspecified atom stereocenters. The van der Waals surface area contributed by atoms with Crippen LogP contribution in [0.4, 0.5) is 0 Å². The van der Waals surface area contributed by atoms with E-state index in [0.29, 0.717) is 0 Å². The van der Waals surface area contributed by atoms with E-state index in [-0.39, 0.29) is 11.6 Å². The molecule has 0 amide bonds. The number of aryl methyl sites for hydroxylation is 1. The zero-order valence-electron chi connectivity index (χ0n) is 11.3. The standard InChI is InChI=1S/C14H22BrNO/c1-10-6-7-13(12(15)8-10)17-11(2)9-16-14(3,4)5/h6-8,11,16H,9H2,1-5H3. The van der Waals surface area contributed by atoms with Gasteiger partial charge in [-0.15, -0.1) is 0 Å². The van der Waals surface area contributed by atoms with Crippen LogP contribution in [-0.4, -0.2) is 18.2 Å². The number of rotatable bonds is 4. The second kappa shape index (κ2) is 5.87. The molecule has 0 aliphatic rings. The van der Waals surface area contributed by atoms with Crippen molar-refractivity contribution in [1.29, 1.82) is 0 Å². The van der Waals surface area contributed by atoms with Crippen molar-refractivity contribution in [2.24, 2.45) is 0 Å². The van der Waals surface area contributed by atoms with Gasteiger partial charge in [0, 0.05) is 12.1 Å². The van der Waals surface area contributed by atoms with E-state index in [1.807, 2.05) is 6.07 Å². The summed E-state index contributed by atoms with van der Waals surface area (Å²) < 4.78 is 6.90. The zero-order chi connectivity index (χ0) is 13.1. The fourth-order valence-corrected chi connectivity index (χ4v) is 2.00. The van der Waals surface area contributed by atoms with Crippen molar-refractivity contribution in [3.8, 4) is 5.75 Å². The summed E-state index contributed by atoms with van der Waals surface area (Å²) in [5, 5.41) is 3.43. The molecule has 0 saturated carbocycles. The van der Waals surface area contributed by atoms with Crippen molar-refractivity contribution < 1.29 is 4.74 Å². The van der Waals surface area contributed by atoms with Gasteiger partial charge in [-0.05, 0) is 68.2 Å². The van der Waals surface area contributed by atoms with Crippen LogP contribution in [0.15, 0.2) is 22.7 Å². The van der Waals surface area contributed by atoms with Crippen molar-refractivity contribution >= 4 is 15.9 Å². The predicted molar refractivity (Wildman–Crippen MR) is 76.7 cm³/mol. The first-order chi connectivity index (χ1) is 7.78. The molecule has 0 saturated heterocycles. The van der Waals surface area contributed by atoms with Crippen molar-refractivity contribution in [1.82, 2.24) is 5.32 Å². The van der Waals surface area contributed by atoms with Gasteiger partial charge in [-0.1, -0.05) is 6.07 Å². The van der Waals surface area contributed by atoms with Crippen LogP contribution in [0.2, 0.25) is 0 Å². The number of hydrogen-bond donors (Lipinski definition) is 1. The first-order valence-corrected chi connectivity index (χ1v) is 6.75. The third kappa shape index (κ3) is 5.55. The molecule has 0 radical (unpaired) electrons. The number of hydrogen-bond acceptors (Lipinski definition) is 2. The van der Waals surface area contributed by atoms with E-state index >= 15 is 0 Å². The maximum absolute atomic E-state index is 5.89. The highest BCUT2D eigenvalue weighted by Gasteiger charge is 2.12. The van der Waals surface area contributed by atoms with Gasteiger partial charge in [-0.3, -0.25) is 0 Å². The SMILES string of the molecule is Cc1ccc(OC(C)CNC(C)(C)C)c(Br)c1. The van der Waals surface area contributed by atoms with Crippen LogP contribution in [-0.2, 0) is 0 Å². The fourth-order valence-electron chi connectivity index (χ4n) is 1.41. The van der Waals surface area contributed by atoms with Crippen molar-refractivity contribution in [3.05, 3.63) is 28.2 Å². The molecule has 1 N–H and O–H groups in total. The van der Waals surface area contributed by atoms with Crippen LogP contribution in [0.1, 0.15) is 33.3 Å². The molecule has 0 aromatic heterocycles. The summed E-state index contributed by atoms with van der Waals surface area (Å²) in [6.45, 7) is 11.4. The van der Waals surface area contributed by atoms with E-state index in [2.05, 4.69) is 68.0 Å². The Bertz CT molecular complexity index is 371. The Kier molecular flexibility index (Phi) is 5.02. The summed E-state index contributed by atoms with van der Waals surface area (Å²) in [4.78, 5) is 0. The lowest BCUT2D eigenvalue weighted by Gasteiger charge is -2.24. The van der Waals surface area contributed by atoms with E-state index in [0.717, 1.165) is 16.8 Å². The molecule has 0 fully saturated rings. The number of benzene rings is 1. The molecule has 0 bridgehead atoms. The first-order valence-electron chi connectivity index (χ1n) is 5.96. The summed E-state index contributed by atoms with van der Waals surface area (Å²) in [5.74, 6) is 0.902. The molecule has 17 heavy (non-hydrogen) atoms. The number of halogens is 1. The Balaban J connectivity index is 2.53. The van der Waals surface area contributed by atoms with Gasteiger partial charge in [0.2, 0.25) is 0 Å². The molecule has 1 aromatic rings. The van der Waals surface area contributed by atoms with Gasteiger partial charge in [0.15, 0.2) is 0 Å². The third-order valence-electron chi connectivity index (χ3n) is 2.34. The van der Waals surface area contributed by atoms with Gasteiger partial charge in [0.25, 0.3) is 0 Å². The van der Waals surface area contributed by atoms with Crippen molar-refractivity contribution in [2.75, 3.05) is 6.54 Å². The molecule has 0 heterocycles. The van der Waals surface area contributed by atoms with Crippen LogP contribution in [0.5, 0.6) is 5.75 Å². The van der Waals surface area contributed by atoms with Crippen LogP contribution < -0.4 is 10.1 Å². The molecule has 0 spiro atoms. The van der Waals surface area contributed by atoms with Crippen molar-refractivity contribution in [3.63, 3.8) is 0 Å². The maximum Gasteiger partial charge on any atom is 0.133 e. The smallest absolute Gasteiger partial charge is 0.133 e. The molecule has 96 valence electrons. The lowest BCUT2D eigenvalue weighted by Crippen LogP contribution is -2.41. The van der Waals surface area contributed by atoms with Crippen LogP contribution in [0.25, 0.3) is 0 Å². The molecular formula is C14H22BrNO. The summed E-state index contributed by atoms with van der Waals surface area (Å²) in [7, 11) is 0. The molecule has 1 aromatic carbocycles. The highest BCUT2D eigenvalue weighted by Crippen LogP contribution is 2.26. The number of ether oxygens (including phenoxy) is 1. The summed E-state index contributed by atoms with van der Waals surface area (Å²) in [6, 6.07) is 6.14. The topological polar surface area (TPSA) is 21.3 Å². The molecular weight excluding hydrogens is 278 g/mol. The summed E-state index contributed by atoms with van der Waals surface area (Å²) >= 11 is 3.52. The largest absolute Gasteiger partial charge is 0.488 e. The van der Waals surface area contributed by atoms with E-state index in [9.17, 15) is 0 Å². The minimum Gasteiger partial charge on any atom is -0.488 e. The monoisotopic (exact) mass is 299 g/mol. The van der Waals surface area contributed by atoms with E-state index < -0.39 is 0 Å². The first kappa shape index (κ1) is 14.5. The highest BCUT2D eigenvalue weighted by atomic mass is 79.9. The van der Waals surface area contributed by atoms with Gasteiger partial charge in [0.05, 0.1) is 4.47 Å². The lowest BCUT2D eigenvalue weighted by atomic mass is 10.1. The van der Waals surface area contributed by atoms with Gasteiger partial charge in [-0.25, -0.2) is 0 Å². The Morgan fingerprint density at radius 2 is 2.00 bits per heavy atom. The lowest BCUT2D eigenvalue weighted by molar-refractivity contribution is 0.202. The predicted octanol–water partition coefficient (Wildman–Crippen LogP) is 3.91. The second-order valence-electron chi connectivity index (χ2n) is 5.49. The fraction of sp³-hybridized carbons (Fsp3) is 0.571. The number of nitrogens with one attached hydrogen (secondary N) is 1. The van der Waals surface area contributed by atoms with Crippen molar-refractivity contribution in [2.45, 2.75) is 46.3 Å². The zero-order valence-corrected chi connectivity index (χ0v) is 12.9. The van der Waals surface area contributed by atoms with Crippen LogP contribution in [0.3, 0.4) is 0 Å². The molecule has 0 aliphatic heterocycles. The van der Waals surface area contributed by atoms with Crippen LogP contribution in [0, 0.1) is 6.92 Å². The molecule has 3 heteroatoms. The maximum atomic E-state index is 5.89. The summed E-state index contributed by atoms with van der Waals surface area (Å²) in [5.41, 5.74) is 1.35. The van der Waals surface area contributed by atoms with Gasteiger partial charge >= 0.3 is 0 Å². The quantitative estimate of drug-likeness (QED) is 0.910. The minimum absolute atomic E-state index is 0.127. The van der Waals surface area contributed by atoms with Gasteiger partial charge in [0.1, 0.15) is 11.9 Å².